The molecule has 0 aliphatic heterocycles. The van der Waals surface area contributed by atoms with Gasteiger partial charge in [-0.05, 0) is 49.6 Å². The van der Waals surface area contributed by atoms with Crippen molar-refractivity contribution in [3.05, 3.63) is 51.9 Å². The van der Waals surface area contributed by atoms with Crippen molar-refractivity contribution in [3.63, 3.8) is 0 Å². The zero-order chi connectivity index (χ0) is 14.8. The molecule has 5 heteroatoms. The van der Waals surface area contributed by atoms with Crippen molar-refractivity contribution in [2.75, 3.05) is 0 Å². The van der Waals surface area contributed by atoms with E-state index in [1.807, 2.05) is 19.1 Å². The van der Waals surface area contributed by atoms with E-state index >= 15 is 0 Å². The largest absolute Gasteiger partial charge is 0.436 e. The van der Waals surface area contributed by atoms with Gasteiger partial charge in [-0.15, -0.1) is 0 Å². The van der Waals surface area contributed by atoms with E-state index in [1.54, 1.807) is 12.1 Å². The second-order valence-corrected chi connectivity index (χ2v) is 6.20. The number of nitrogens with zero attached hydrogens (tertiary/aromatic N) is 1. The molecule has 2 aromatic rings. The van der Waals surface area contributed by atoms with E-state index in [9.17, 15) is 4.39 Å². The Morgan fingerprint density at radius 1 is 1.33 bits per heavy atom. The third kappa shape index (κ3) is 4.02. The lowest BCUT2D eigenvalue weighted by Gasteiger charge is -2.10. The molecule has 3 nitrogen and oxygen atoms in total. The van der Waals surface area contributed by atoms with E-state index in [0.29, 0.717) is 11.9 Å². The standard InChI is InChI=1S/C16H16BrFN2O/c1-10-6-11(9-19-13-3-4-13)7-16(20-10)21-15-8-12(17)2-5-14(15)18/h2,5-8,13,19H,3-4,9H2,1H3. The van der Waals surface area contributed by atoms with Crippen LogP contribution in [0.2, 0.25) is 0 Å². The summed E-state index contributed by atoms with van der Waals surface area (Å²) in [6, 6.07) is 9.11. The summed E-state index contributed by atoms with van der Waals surface area (Å²) in [7, 11) is 0. The highest BCUT2D eigenvalue weighted by Crippen LogP contribution is 2.27. The first kappa shape index (κ1) is 14.5. The molecule has 1 aromatic carbocycles. The Balaban J connectivity index is 1.78. The van der Waals surface area contributed by atoms with E-state index in [0.717, 1.165) is 22.3 Å². The second-order valence-electron chi connectivity index (χ2n) is 5.29. The number of ether oxygens (including phenoxy) is 1. The zero-order valence-corrected chi connectivity index (χ0v) is 13.3. The zero-order valence-electron chi connectivity index (χ0n) is 11.7. The molecule has 110 valence electrons. The van der Waals surface area contributed by atoms with Crippen LogP contribution in [0.25, 0.3) is 0 Å². The van der Waals surface area contributed by atoms with Crippen LogP contribution in [0.15, 0.2) is 34.8 Å². The Hall–Kier alpha value is -1.46. The number of halogens is 2. The number of aryl methyl sites for hydroxylation is 1. The van der Waals surface area contributed by atoms with Crippen molar-refractivity contribution in [3.8, 4) is 11.6 Å². The van der Waals surface area contributed by atoms with E-state index in [-0.39, 0.29) is 5.75 Å². The average Bonchev–Trinajstić information content (AvgIpc) is 3.24. The smallest absolute Gasteiger partial charge is 0.219 e. The van der Waals surface area contributed by atoms with Gasteiger partial charge in [-0.1, -0.05) is 15.9 Å². The van der Waals surface area contributed by atoms with Gasteiger partial charge in [0.1, 0.15) is 0 Å². The van der Waals surface area contributed by atoms with E-state index in [4.69, 9.17) is 4.74 Å². The first-order valence-electron chi connectivity index (χ1n) is 6.94. The van der Waals surface area contributed by atoms with Crippen LogP contribution >= 0.6 is 15.9 Å². The Labute approximate surface area is 131 Å². The summed E-state index contributed by atoms with van der Waals surface area (Å²) in [6.45, 7) is 2.69. The average molecular weight is 351 g/mol. The third-order valence-corrected chi connectivity index (χ3v) is 3.76. The molecule has 21 heavy (non-hydrogen) atoms. The lowest BCUT2D eigenvalue weighted by Crippen LogP contribution is -2.15. The van der Waals surface area contributed by atoms with Gasteiger partial charge in [-0.25, -0.2) is 9.37 Å². The molecule has 1 aliphatic carbocycles. The van der Waals surface area contributed by atoms with Crippen LogP contribution in [0.5, 0.6) is 11.6 Å². The van der Waals surface area contributed by atoms with Crippen LogP contribution < -0.4 is 10.1 Å². The molecule has 0 atom stereocenters. The summed E-state index contributed by atoms with van der Waals surface area (Å²) >= 11 is 3.31. The predicted octanol–water partition coefficient (Wildman–Crippen LogP) is 4.34. The molecular formula is C16H16BrFN2O. The normalized spacial score (nSPS) is 14.2. The quantitative estimate of drug-likeness (QED) is 0.870. The van der Waals surface area contributed by atoms with E-state index < -0.39 is 5.82 Å². The van der Waals surface area contributed by atoms with Crippen molar-refractivity contribution < 1.29 is 9.13 Å². The summed E-state index contributed by atoms with van der Waals surface area (Å²) < 4.78 is 20.1. The molecule has 0 amide bonds. The van der Waals surface area contributed by atoms with Gasteiger partial charge in [-0.3, -0.25) is 0 Å². The predicted molar refractivity (Wildman–Crippen MR) is 83.0 cm³/mol. The number of pyridine rings is 1. The Morgan fingerprint density at radius 2 is 2.14 bits per heavy atom. The van der Waals surface area contributed by atoms with Gasteiger partial charge >= 0.3 is 0 Å². The van der Waals surface area contributed by atoms with Crippen LogP contribution in [0.1, 0.15) is 24.1 Å². The van der Waals surface area contributed by atoms with Crippen LogP contribution in [0, 0.1) is 12.7 Å². The molecule has 0 unspecified atom stereocenters. The van der Waals surface area contributed by atoms with Gasteiger partial charge in [0.15, 0.2) is 11.6 Å². The molecule has 0 spiro atoms. The van der Waals surface area contributed by atoms with E-state index in [1.165, 1.54) is 18.9 Å². The van der Waals surface area contributed by atoms with Crippen LogP contribution in [-0.2, 0) is 6.54 Å². The Morgan fingerprint density at radius 3 is 2.90 bits per heavy atom. The molecule has 1 heterocycles. The maximum atomic E-state index is 13.7. The Kier molecular flexibility index (Phi) is 4.22. The summed E-state index contributed by atoms with van der Waals surface area (Å²) in [5, 5.41) is 3.45. The molecule has 0 saturated heterocycles. The first-order chi connectivity index (χ1) is 10.1. The second kappa shape index (κ2) is 6.12. The van der Waals surface area contributed by atoms with Gasteiger partial charge in [0.25, 0.3) is 0 Å². The summed E-state index contributed by atoms with van der Waals surface area (Å²) in [4.78, 5) is 4.31. The summed E-state index contributed by atoms with van der Waals surface area (Å²) in [5.41, 5.74) is 1.95. The van der Waals surface area contributed by atoms with Crippen molar-refractivity contribution in [2.45, 2.75) is 32.4 Å². The lowest BCUT2D eigenvalue weighted by atomic mass is 10.2. The highest BCUT2D eigenvalue weighted by molar-refractivity contribution is 9.10. The molecule has 0 bridgehead atoms. The fourth-order valence-corrected chi connectivity index (χ4v) is 2.42. The fraction of sp³-hybridized carbons (Fsp3) is 0.312. The maximum Gasteiger partial charge on any atom is 0.219 e. The van der Waals surface area contributed by atoms with Crippen molar-refractivity contribution in [2.24, 2.45) is 0 Å². The highest BCUT2D eigenvalue weighted by atomic mass is 79.9. The monoisotopic (exact) mass is 350 g/mol. The number of nitrogens with one attached hydrogen (secondary N) is 1. The Bertz CT molecular complexity index is 659. The number of hydrogen-bond donors (Lipinski definition) is 1. The van der Waals surface area contributed by atoms with Gasteiger partial charge in [0, 0.05) is 28.8 Å². The minimum absolute atomic E-state index is 0.170. The van der Waals surface area contributed by atoms with Gasteiger partial charge in [0.05, 0.1) is 0 Å². The van der Waals surface area contributed by atoms with Crippen LogP contribution in [0.4, 0.5) is 4.39 Å². The van der Waals surface area contributed by atoms with Gasteiger partial charge < -0.3 is 10.1 Å². The van der Waals surface area contributed by atoms with Crippen LogP contribution in [-0.4, -0.2) is 11.0 Å². The number of benzene rings is 1. The molecule has 0 radical (unpaired) electrons. The summed E-state index contributed by atoms with van der Waals surface area (Å²) in [6.07, 6.45) is 2.49. The molecule has 1 saturated carbocycles. The number of rotatable bonds is 5. The highest BCUT2D eigenvalue weighted by Gasteiger charge is 2.20. The maximum absolute atomic E-state index is 13.7. The van der Waals surface area contributed by atoms with E-state index in [2.05, 4.69) is 26.2 Å². The third-order valence-electron chi connectivity index (χ3n) is 3.27. The van der Waals surface area contributed by atoms with Gasteiger partial charge in [0.2, 0.25) is 5.88 Å². The van der Waals surface area contributed by atoms with Crippen molar-refractivity contribution in [1.82, 2.24) is 10.3 Å². The fourth-order valence-electron chi connectivity index (χ4n) is 2.08. The van der Waals surface area contributed by atoms with Crippen LogP contribution in [0.3, 0.4) is 0 Å². The SMILES string of the molecule is Cc1cc(CNC2CC2)cc(Oc2cc(Br)ccc2F)n1. The van der Waals surface area contributed by atoms with Gasteiger partial charge in [-0.2, -0.15) is 0 Å². The minimum atomic E-state index is -0.404. The lowest BCUT2D eigenvalue weighted by molar-refractivity contribution is 0.425. The summed E-state index contributed by atoms with van der Waals surface area (Å²) in [5.74, 6) is 0.183. The molecule has 1 N–H and O–H groups in total. The number of aromatic nitrogens is 1. The first-order valence-corrected chi connectivity index (χ1v) is 7.73. The minimum Gasteiger partial charge on any atom is -0.436 e. The molecule has 3 rings (SSSR count). The molecule has 1 aromatic heterocycles. The molecular weight excluding hydrogens is 335 g/mol. The number of hydrogen-bond acceptors (Lipinski definition) is 3. The topological polar surface area (TPSA) is 34.1 Å². The van der Waals surface area contributed by atoms with Crippen molar-refractivity contribution in [1.29, 1.82) is 0 Å². The van der Waals surface area contributed by atoms with Crippen molar-refractivity contribution >= 4 is 15.9 Å². The molecule has 1 aliphatic rings. The molecule has 1 fully saturated rings.